The second kappa shape index (κ2) is 9.45. The van der Waals surface area contributed by atoms with Crippen LogP contribution < -0.4 is 10.2 Å². The molecule has 2 aromatic carbocycles. The van der Waals surface area contributed by atoms with Gasteiger partial charge in [-0.15, -0.1) is 16.9 Å². The van der Waals surface area contributed by atoms with Gasteiger partial charge in [-0.3, -0.25) is 4.31 Å². The number of piperidine rings is 1. The van der Waals surface area contributed by atoms with Crippen molar-refractivity contribution in [1.29, 1.82) is 0 Å². The molecule has 1 aliphatic rings. The molecule has 9 heteroatoms. The van der Waals surface area contributed by atoms with Crippen LogP contribution in [0, 0.1) is 0 Å². The number of thioether (sulfide) groups is 1. The molecule has 156 valence electrons. The van der Waals surface area contributed by atoms with Crippen LogP contribution in [0.4, 0.5) is 16.3 Å². The molecule has 6 nitrogen and oxygen atoms in total. The molecule has 2 amide bonds. The van der Waals surface area contributed by atoms with Gasteiger partial charge in [0.05, 0.1) is 6.20 Å². The van der Waals surface area contributed by atoms with E-state index in [4.69, 9.17) is 0 Å². The third-order valence-electron chi connectivity index (χ3n) is 5.26. The monoisotopic (exact) mass is 503 g/mol. The Hall–Kier alpha value is -1.97. The van der Waals surface area contributed by atoms with Gasteiger partial charge in [-0.2, -0.15) is 5.10 Å². The summed E-state index contributed by atoms with van der Waals surface area (Å²) in [6, 6.07) is 13.8. The molecule has 1 N–H and O–H groups in total. The zero-order valence-corrected chi connectivity index (χ0v) is 19.8. The highest BCUT2D eigenvalue weighted by molar-refractivity contribution is 9.10. The lowest BCUT2D eigenvalue weighted by Crippen LogP contribution is -2.45. The lowest BCUT2D eigenvalue weighted by atomic mass is 10.0. The number of carbonyl (C=O) groups excluding carboxylic acids is 1. The van der Waals surface area contributed by atoms with Gasteiger partial charge >= 0.3 is 6.03 Å². The Kier molecular flexibility index (Phi) is 6.70. The molecule has 3 aromatic rings. The van der Waals surface area contributed by atoms with Crippen LogP contribution in [-0.2, 0) is 0 Å². The zero-order valence-electron chi connectivity index (χ0n) is 16.5. The number of rotatable bonds is 4. The predicted molar refractivity (Wildman–Crippen MR) is 131 cm³/mol. The Morgan fingerprint density at radius 3 is 2.67 bits per heavy atom. The molecule has 0 aliphatic carbocycles. The zero-order chi connectivity index (χ0) is 21.1. The number of fused-ring (bicyclic) bond motifs is 1. The van der Waals surface area contributed by atoms with Gasteiger partial charge in [0.15, 0.2) is 5.82 Å². The van der Waals surface area contributed by atoms with E-state index in [1.807, 2.05) is 42.7 Å². The van der Waals surface area contributed by atoms with Gasteiger partial charge < -0.3 is 10.2 Å². The number of halogens is 1. The van der Waals surface area contributed by atoms with E-state index in [9.17, 15) is 4.79 Å². The number of hydrogen-bond acceptors (Lipinski definition) is 6. The lowest BCUT2D eigenvalue weighted by Gasteiger charge is -2.36. The number of aromatic nitrogens is 2. The molecule has 4 rings (SSSR count). The van der Waals surface area contributed by atoms with Crippen molar-refractivity contribution in [3.05, 3.63) is 53.1 Å². The van der Waals surface area contributed by atoms with E-state index >= 15 is 0 Å². The number of amides is 2. The summed E-state index contributed by atoms with van der Waals surface area (Å²) in [5, 5.41) is 13.6. The molecule has 1 saturated heterocycles. The van der Waals surface area contributed by atoms with Crippen molar-refractivity contribution in [3.63, 3.8) is 0 Å². The highest BCUT2D eigenvalue weighted by Gasteiger charge is 2.27. The minimum absolute atomic E-state index is 0.0599. The maximum atomic E-state index is 12.6. The molecular formula is C21H22BrN5OS2. The van der Waals surface area contributed by atoms with E-state index in [2.05, 4.69) is 55.2 Å². The third kappa shape index (κ3) is 4.68. The maximum Gasteiger partial charge on any atom is 0.331 e. The molecule has 0 bridgehead atoms. The van der Waals surface area contributed by atoms with E-state index in [-0.39, 0.29) is 12.1 Å². The quantitative estimate of drug-likeness (QED) is 0.365. The van der Waals surface area contributed by atoms with Crippen LogP contribution >= 0.6 is 40.5 Å². The summed E-state index contributed by atoms with van der Waals surface area (Å²) in [7, 11) is 0. The van der Waals surface area contributed by atoms with E-state index in [1.54, 1.807) is 18.0 Å². The summed E-state index contributed by atoms with van der Waals surface area (Å²) in [6.45, 7) is 1.58. The van der Waals surface area contributed by atoms with Gasteiger partial charge in [-0.05, 0) is 55.5 Å². The van der Waals surface area contributed by atoms with Gasteiger partial charge in [0.1, 0.15) is 0 Å². The lowest BCUT2D eigenvalue weighted by molar-refractivity contribution is 0.223. The second-order valence-corrected chi connectivity index (χ2v) is 9.35. The van der Waals surface area contributed by atoms with E-state index < -0.39 is 0 Å². The van der Waals surface area contributed by atoms with E-state index in [0.717, 1.165) is 57.6 Å². The minimum Gasteiger partial charge on any atom is -0.354 e. The van der Waals surface area contributed by atoms with Crippen LogP contribution in [-0.4, -0.2) is 45.9 Å². The summed E-state index contributed by atoms with van der Waals surface area (Å²) < 4.78 is 2.54. The average Bonchev–Trinajstić information content (AvgIpc) is 2.78. The molecule has 0 radical (unpaired) electrons. The molecule has 0 spiro atoms. The van der Waals surface area contributed by atoms with Gasteiger partial charge in [0.2, 0.25) is 0 Å². The summed E-state index contributed by atoms with van der Waals surface area (Å²) >= 11 is 9.70. The topological polar surface area (TPSA) is 61.4 Å². The van der Waals surface area contributed by atoms with Crippen molar-refractivity contribution in [2.75, 3.05) is 29.6 Å². The van der Waals surface area contributed by atoms with Crippen LogP contribution in [0.25, 0.3) is 10.8 Å². The Bertz CT molecular complexity index is 1040. The number of anilines is 2. The van der Waals surface area contributed by atoms with Crippen molar-refractivity contribution >= 4 is 68.8 Å². The smallest absolute Gasteiger partial charge is 0.331 e. The largest absolute Gasteiger partial charge is 0.354 e. The fraction of sp³-hybridized carbons (Fsp3) is 0.286. The summed E-state index contributed by atoms with van der Waals surface area (Å²) in [5.74, 6) is 0.885. The number of nitrogens with zero attached hydrogens (tertiary/aromatic N) is 4. The number of carbonyl (C=O) groups is 1. The van der Waals surface area contributed by atoms with Gasteiger partial charge in [-0.25, -0.2) is 4.79 Å². The Morgan fingerprint density at radius 1 is 1.23 bits per heavy atom. The van der Waals surface area contributed by atoms with Crippen LogP contribution in [0.1, 0.15) is 12.8 Å². The van der Waals surface area contributed by atoms with E-state index in [0.29, 0.717) is 0 Å². The fourth-order valence-corrected chi connectivity index (χ4v) is 4.66. The molecule has 0 unspecified atom stereocenters. The second-order valence-electron chi connectivity index (χ2n) is 7.12. The van der Waals surface area contributed by atoms with Crippen molar-refractivity contribution in [2.24, 2.45) is 0 Å². The molecular weight excluding hydrogens is 482 g/mol. The van der Waals surface area contributed by atoms with Crippen molar-refractivity contribution < 1.29 is 4.79 Å². The first-order valence-electron chi connectivity index (χ1n) is 9.64. The Labute approximate surface area is 194 Å². The number of hydrogen-bond donors (Lipinski definition) is 2. The first-order valence-corrected chi connectivity index (χ1v) is 12.1. The first-order chi connectivity index (χ1) is 14.5. The normalized spacial score (nSPS) is 14.7. The van der Waals surface area contributed by atoms with Gasteiger partial charge in [0.25, 0.3) is 0 Å². The van der Waals surface area contributed by atoms with Gasteiger partial charge in [-0.1, -0.05) is 34.8 Å². The van der Waals surface area contributed by atoms with Crippen LogP contribution in [0.15, 0.2) is 58.0 Å². The fourth-order valence-electron chi connectivity index (χ4n) is 3.61. The molecule has 0 atom stereocenters. The Balaban J connectivity index is 1.39. The average molecular weight is 504 g/mol. The number of urea groups is 1. The number of benzene rings is 2. The highest BCUT2D eigenvalue weighted by Crippen LogP contribution is 2.30. The standard InChI is InChI=1S/C21H22BrN5OS2/c1-30-18-6-4-16(5-7-18)24-21(28)27(29)17-8-10-26(11-9-17)20-19-12-15(22)3-2-14(19)13-23-25-20/h2-7,12-13,17,29H,8-11H2,1H3,(H,24,28). The SMILES string of the molecule is CSc1ccc(NC(=O)N(S)C2CCN(c3nncc4ccc(Br)cc34)CC2)cc1. The van der Waals surface area contributed by atoms with Crippen LogP contribution in [0.2, 0.25) is 0 Å². The molecule has 2 heterocycles. The van der Waals surface area contributed by atoms with Crippen LogP contribution in [0.3, 0.4) is 0 Å². The first kappa shape index (κ1) is 21.3. The van der Waals surface area contributed by atoms with Crippen molar-refractivity contribution in [2.45, 2.75) is 23.8 Å². The van der Waals surface area contributed by atoms with Crippen molar-refractivity contribution in [1.82, 2.24) is 14.5 Å². The molecule has 1 fully saturated rings. The van der Waals surface area contributed by atoms with Crippen molar-refractivity contribution in [3.8, 4) is 0 Å². The van der Waals surface area contributed by atoms with Crippen LogP contribution in [0.5, 0.6) is 0 Å². The summed E-state index contributed by atoms with van der Waals surface area (Å²) in [6.07, 6.45) is 5.43. The van der Waals surface area contributed by atoms with E-state index in [1.165, 1.54) is 4.31 Å². The Morgan fingerprint density at radius 2 is 1.97 bits per heavy atom. The van der Waals surface area contributed by atoms with Gasteiger partial charge in [0, 0.05) is 45.0 Å². The molecule has 30 heavy (non-hydrogen) atoms. The minimum atomic E-state index is -0.206. The number of nitrogens with one attached hydrogen (secondary N) is 1. The maximum absolute atomic E-state index is 12.6. The highest BCUT2D eigenvalue weighted by atomic mass is 79.9. The predicted octanol–water partition coefficient (Wildman–Crippen LogP) is 5.46. The summed E-state index contributed by atoms with van der Waals surface area (Å²) in [4.78, 5) is 16.0. The third-order valence-corrected chi connectivity index (χ3v) is 7.01. The molecule has 0 saturated carbocycles. The molecule has 1 aliphatic heterocycles. The number of thiol groups is 1. The summed E-state index contributed by atoms with van der Waals surface area (Å²) in [5.41, 5.74) is 0.769. The molecule has 1 aromatic heterocycles.